The van der Waals surface area contributed by atoms with Crippen LogP contribution in [0.1, 0.15) is 55.8 Å². The molecule has 1 aromatic rings. The Bertz CT molecular complexity index is 389. The Balaban J connectivity index is 2.28. The maximum Gasteiger partial charge on any atom is 0.171 e. The van der Waals surface area contributed by atoms with Gasteiger partial charge in [-0.05, 0) is 33.2 Å². The molecule has 1 nitrogen and oxygen atoms in total. The molecule has 1 unspecified atom stereocenters. The summed E-state index contributed by atoms with van der Waals surface area (Å²) in [5.74, 6) is 2.08. The van der Waals surface area contributed by atoms with Crippen molar-refractivity contribution in [1.29, 1.82) is 0 Å². The van der Waals surface area contributed by atoms with E-state index in [0.29, 0.717) is 5.75 Å². The predicted octanol–water partition coefficient (Wildman–Crippen LogP) is 5.97. The van der Waals surface area contributed by atoms with Crippen LogP contribution in [0.15, 0.2) is 30.3 Å². The summed E-state index contributed by atoms with van der Waals surface area (Å²) >= 11 is 3.83. The maximum atomic E-state index is 12.2. The smallest absolute Gasteiger partial charge is 0.171 e. The van der Waals surface area contributed by atoms with Gasteiger partial charge in [0, 0.05) is 11.3 Å². The number of carbonyl (C=O) groups is 1. The normalized spacial score (nSPS) is 15.6. The van der Waals surface area contributed by atoms with Crippen LogP contribution in [0.3, 0.4) is 0 Å². The third kappa shape index (κ3) is 7.49. The van der Waals surface area contributed by atoms with Gasteiger partial charge >= 0.3 is 0 Å². The van der Waals surface area contributed by atoms with Gasteiger partial charge in [-0.3, -0.25) is 4.79 Å². The summed E-state index contributed by atoms with van der Waals surface area (Å²) in [5, 5.41) is 0. The third-order valence-corrected chi connectivity index (χ3v) is 7.11. The minimum Gasteiger partial charge on any atom is -0.293 e. The van der Waals surface area contributed by atoms with Gasteiger partial charge in [-0.1, -0.05) is 69.4 Å². The summed E-state index contributed by atoms with van der Waals surface area (Å²) in [6.07, 6.45) is 10.1. The summed E-state index contributed by atoms with van der Waals surface area (Å²) in [6, 6.07) is 9.64. The zero-order chi connectivity index (χ0) is 14.8. The molecule has 0 saturated carbocycles. The number of Topliss-reactive ketones (excluding diaryl/α,β-unsaturated/α-hetero) is 1. The highest BCUT2D eigenvalue weighted by Gasteiger charge is 2.19. The van der Waals surface area contributed by atoms with Crippen molar-refractivity contribution >= 4 is 29.1 Å². The van der Waals surface area contributed by atoms with Gasteiger partial charge in [0.1, 0.15) is 0 Å². The zero-order valence-corrected chi connectivity index (χ0v) is 15.1. The van der Waals surface area contributed by atoms with Crippen LogP contribution in [-0.2, 0) is 0 Å². The van der Waals surface area contributed by atoms with E-state index in [1.54, 1.807) is 0 Å². The largest absolute Gasteiger partial charge is 0.293 e. The van der Waals surface area contributed by atoms with E-state index < -0.39 is 8.46 Å². The molecule has 0 aliphatic rings. The molecule has 1 rings (SSSR count). The number of ketones is 1. The van der Waals surface area contributed by atoms with Gasteiger partial charge < -0.3 is 0 Å². The highest BCUT2D eigenvalue weighted by atomic mass is 79.9. The van der Waals surface area contributed by atoms with Crippen LogP contribution in [-0.4, -0.2) is 23.5 Å². The lowest BCUT2D eigenvalue weighted by Gasteiger charge is -2.27. The van der Waals surface area contributed by atoms with E-state index in [4.69, 9.17) is 0 Å². The minimum atomic E-state index is -0.959. The molecule has 114 valence electrons. The number of carbonyl (C=O) groups excluding carboxylic acids is 1. The van der Waals surface area contributed by atoms with Gasteiger partial charge in [0.2, 0.25) is 0 Å². The average Bonchev–Trinajstić information content (AvgIpc) is 2.43. The van der Waals surface area contributed by atoms with Crippen molar-refractivity contribution in [2.24, 2.45) is 0 Å². The Morgan fingerprint density at radius 2 is 1.65 bits per heavy atom. The lowest BCUT2D eigenvalue weighted by atomic mass is 10.1. The lowest BCUT2D eigenvalue weighted by molar-refractivity contribution is 0.102. The van der Waals surface area contributed by atoms with E-state index in [9.17, 15) is 4.79 Å². The lowest BCUT2D eigenvalue weighted by Crippen LogP contribution is -2.11. The minimum absolute atomic E-state index is 0.269. The van der Waals surface area contributed by atoms with Crippen LogP contribution in [0, 0.1) is 0 Å². The summed E-state index contributed by atoms with van der Waals surface area (Å²) < 4.78 is 0. The molecule has 0 spiro atoms. The van der Waals surface area contributed by atoms with Gasteiger partial charge in [-0.2, -0.15) is 8.46 Å². The molecule has 0 amide bonds. The Morgan fingerprint density at radius 3 is 2.30 bits per heavy atom. The molecule has 0 radical (unpaired) electrons. The first-order valence-electron chi connectivity index (χ1n) is 7.57. The topological polar surface area (TPSA) is 17.1 Å². The first-order chi connectivity index (χ1) is 9.55. The number of hydrogen-bond donors (Lipinski definition) is 0. The second kappa shape index (κ2) is 9.62. The van der Waals surface area contributed by atoms with Gasteiger partial charge in [0.05, 0.1) is 0 Å². The molecule has 0 heterocycles. The van der Waals surface area contributed by atoms with Crippen molar-refractivity contribution in [2.45, 2.75) is 45.4 Å². The van der Waals surface area contributed by atoms with Crippen LogP contribution >= 0.6 is 23.3 Å². The highest BCUT2D eigenvalue weighted by molar-refractivity contribution is 9.58. The molecule has 3 heteroatoms. The first-order valence-corrected chi connectivity index (χ1v) is 11.8. The van der Waals surface area contributed by atoms with Crippen molar-refractivity contribution < 1.29 is 4.79 Å². The van der Waals surface area contributed by atoms with Gasteiger partial charge in [0.25, 0.3) is 0 Å². The number of hydrogen-bond acceptors (Lipinski definition) is 1. The molecule has 0 aliphatic heterocycles. The molecular formula is C17H27BrOS. The Hall–Kier alpha value is -0.280. The van der Waals surface area contributed by atoms with Crippen molar-refractivity contribution in [3.63, 3.8) is 0 Å². The maximum absolute atomic E-state index is 12.2. The molecule has 1 aromatic carbocycles. The number of unbranched alkanes of at least 4 members (excludes halogenated alkanes) is 5. The van der Waals surface area contributed by atoms with Crippen LogP contribution < -0.4 is 0 Å². The average molecular weight is 359 g/mol. The molecule has 0 bridgehead atoms. The van der Waals surface area contributed by atoms with Crippen LogP contribution in [0.2, 0.25) is 0 Å². The highest BCUT2D eigenvalue weighted by Crippen LogP contribution is 2.53. The van der Waals surface area contributed by atoms with Crippen molar-refractivity contribution in [1.82, 2.24) is 0 Å². The van der Waals surface area contributed by atoms with Crippen molar-refractivity contribution in [3.8, 4) is 0 Å². The summed E-state index contributed by atoms with van der Waals surface area (Å²) in [5.41, 5.74) is 0.841. The predicted molar refractivity (Wildman–Crippen MR) is 96.3 cm³/mol. The third-order valence-electron chi connectivity index (χ3n) is 3.45. The van der Waals surface area contributed by atoms with Crippen LogP contribution in [0.25, 0.3) is 0 Å². The number of halogens is 1. The molecule has 0 saturated heterocycles. The SMILES string of the molecule is CCCCCCCCS(C)(Br)CC(=O)c1ccccc1. The first kappa shape index (κ1) is 17.8. The standard InChI is InChI=1S/C17H27BrOS/c1-3-4-5-6-7-11-14-20(2,18)15-17(19)16-12-9-8-10-13-16/h8-10,12-13H,3-7,11,14-15H2,1-2H3. The van der Waals surface area contributed by atoms with Crippen LogP contribution in [0.4, 0.5) is 0 Å². The van der Waals surface area contributed by atoms with Crippen LogP contribution in [0.5, 0.6) is 0 Å². The number of rotatable bonds is 10. The van der Waals surface area contributed by atoms with E-state index in [2.05, 4.69) is 28.0 Å². The second-order valence-corrected chi connectivity index (χ2v) is 13.3. The molecule has 0 N–H and O–H groups in total. The van der Waals surface area contributed by atoms with E-state index in [1.807, 2.05) is 30.3 Å². The van der Waals surface area contributed by atoms with E-state index in [-0.39, 0.29) is 5.78 Å². The fourth-order valence-corrected chi connectivity index (χ4v) is 5.21. The molecular weight excluding hydrogens is 332 g/mol. The Labute approximate surface area is 133 Å². The quantitative estimate of drug-likeness (QED) is 0.371. The zero-order valence-electron chi connectivity index (χ0n) is 12.7. The fraction of sp³-hybridized carbons (Fsp3) is 0.588. The van der Waals surface area contributed by atoms with Crippen molar-refractivity contribution in [3.05, 3.63) is 35.9 Å². The summed E-state index contributed by atoms with van der Waals surface area (Å²) in [4.78, 5) is 12.2. The van der Waals surface area contributed by atoms with E-state index in [1.165, 1.54) is 38.5 Å². The molecule has 1 atom stereocenters. The fourth-order valence-electron chi connectivity index (χ4n) is 2.24. The molecule has 0 fully saturated rings. The van der Waals surface area contributed by atoms with Gasteiger partial charge in [-0.25, -0.2) is 0 Å². The van der Waals surface area contributed by atoms with E-state index in [0.717, 1.165) is 11.3 Å². The number of benzene rings is 1. The molecule has 20 heavy (non-hydrogen) atoms. The molecule has 0 aliphatic carbocycles. The summed E-state index contributed by atoms with van der Waals surface area (Å²) in [7, 11) is -0.959. The van der Waals surface area contributed by atoms with Gasteiger partial charge in [-0.15, -0.1) is 0 Å². The summed E-state index contributed by atoms with van der Waals surface area (Å²) in [6.45, 7) is 2.24. The second-order valence-electron chi connectivity index (χ2n) is 5.56. The van der Waals surface area contributed by atoms with Gasteiger partial charge in [0.15, 0.2) is 5.78 Å². The van der Waals surface area contributed by atoms with E-state index >= 15 is 0 Å². The van der Waals surface area contributed by atoms with Crippen molar-refractivity contribution in [2.75, 3.05) is 17.8 Å². The monoisotopic (exact) mass is 358 g/mol. The Kier molecular flexibility index (Phi) is 8.55. The molecule has 0 aromatic heterocycles. The Morgan fingerprint density at radius 1 is 1.05 bits per heavy atom.